The molecule has 0 bridgehead atoms. The Kier molecular flexibility index (Phi) is 3.78. The van der Waals surface area contributed by atoms with Crippen molar-refractivity contribution >= 4 is 28.5 Å². The number of furan rings is 1. The summed E-state index contributed by atoms with van der Waals surface area (Å²) in [5.41, 5.74) is 1.00. The first kappa shape index (κ1) is 16.3. The summed E-state index contributed by atoms with van der Waals surface area (Å²) in [5, 5.41) is 25.6. The van der Waals surface area contributed by atoms with Gasteiger partial charge in [-0.05, 0) is 24.3 Å². The van der Waals surface area contributed by atoms with E-state index in [2.05, 4.69) is 15.4 Å². The van der Waals surface area contributed by atoms with Crippen LogP contribution in [0.25, 0.3) is 16.6 Å². The number of carbonyl (C=O) groups is 2. The van der Waals surface area contributed by atoms with Crippen LogP contribution in [-0.4, -0.2) is 31.6 Å². The van der Waals surface area contributed by atoms with Crippen molar-refractivity contribution in [3.63, 3.8) is 0 Å². The van der Waals surface area contributed by atoms with Crippen molar-refractivity contribution in [3.05, 3.63) is 65.3 Å². The number of fused-ring (bicyclic) bond motifs is 2. The summed E-state index contributed by atoms with van der Waals surface area (Å²) < 4.78 is 7.06. The maximum absolute atomic E-state index is 12.4. The lowest BCUT2D eigenvalue weighted by atomic mass is 10.1. The average Bonchev–Trinajstić information content (AvgIpc) is 3.28. The van der Waals surface area contributed by atoms with Crippen LogP contribution in [0.4, 0.5) is 0 Å². The van der Waals surface area contributed by atoms with Crippen molar-refractivity contribution in [2.24, 2.45) is 0 Å². The highest BCUT2D eigenvalue weighted by molar-refractivity contribution is 6.02. The zero-order valence-electron chi connectivity index (χ0n) is 13.7. The Bertz CT molecular complexity index is 1250. The van der Waals surface area contributed by atoms with Gasteiger partial charge in [-0.1, -0.05) is 0 Å². The molecule has 3 aromatic heterocycles. The molecule has 2 N–H and O–H groups in total. The van der Waals surface area contributed by atoms with Gasteiger partial charge in [0.2, 0.25) is 0 Å². The van der Waals surface area contributed by atoms with E-state index in [1.165, 1.54) is 22.8 Å². The highest BCUT2D eigenvalue weighted by atomic mass is 16.4. The van der Waals surface area contributed by atoms with E-state index >= 15 is 0 Å². The molecule has 0 aliphatic heterocycles. The van der Waals surface area contributed by atoms with Crippen molar-refractivity contribution in [1.82, 2.24) is 19.9 Å². The van der Waals surface area contributed by atoms with E-state index in [-0.39, 0.29) is 29.2 Å². The number of aromatic carboxylic acids is 1. The molecule has 4 aromatic rings. The number of nitriles is 1. The van der Waals surface area contributed by atoms with Gasteiger partial charge < -0.3 is 14.8 Å². The van der Waals surface area contributed by atoms with Gasteiger partial charge in [-0.3, -0.25) is 4.79 Å². The average molecular weight is 361 g/mol. The lowest BCUT2D eigenvalue weighted by Crippen LogP contribution is -2.22. The number of aromatic nitrogens is 3. The fourth-order valence-corrected chi connectivity index (χ4v) is 2.77. The molecule has 0 unspecified atom stereocenters. The molecular weight excluding hydrogens is 350 g/mol. The van der Waals surface area contributed by atoms with Crippen molar-refractivity contribution in [2.75, 3.05) is 0 Å². The van der Waals surface area contributed by atoms with Crippen LogP contribution < -0.4 is 5.32 Å². The topological polar surface area (TPSA) is 134 Å². The smallest absolute Gasteiger partial charge is 0.339 e. The number of carboxylic acid groups (broad SMARTS) is 1. The molecule has 0 atom stereocenters. The molecule has 3 heterocycles. The Labute approximate surface area is 151 Å². The van der Waals surface area contributed by atoms with E-state index in [1.54, 1.807) is 24.5 Å². The maximum atomic E-state index is 12.4. The van der Waals surface area contributed by atoms with E-state index in [4.69, 9.17) is 9.68 Å². The lowest BCUT2D eigenvalue weighted by molar-refractivity contribution is 0.0697. The first-order valence-electron chi connectivity index (χ1n) is 7.83. The van der Waals surface area contributed by atoms with Gasteiger partial charge in [0, 0.05) is 17.8 Å². The number of hydrogen-bond donors (Lipinski definition) is 2. The van der Waals surface area contributed by atoms with Gasteiger partial charge in [0.05, 0.1) is 24.4 Å². The molecule has 0 aliphatic carbocycles. The molecule has 0 radical (unpaired) electrons. The molecule has 9 heteroatoms. The summed E-state index contributed by atoms with van der Waals surface area (Å²) in [6.45, 7) is 0.0403. The first-order chi connectivity index (χ1) is 13.1. The van der Waals surface area contributed by atoms with Crippen LogP contribution in [0.2, 0.25) is 0 Å². The highest BCUT2D eigenvalue weighted by Gasteiger charge is 2.17. The van der Waals surface area contributed by atoms with Gasteiger partial charge in [0.15, 0.2) is 5.65 Å². The standard InChI is InChI=1S/C18H11N5O4/c19-7-10-4-11-6-12(27-15(11)13(5-10)18(25)26)8-21-17(24)14-9-22-23-3-1-2-20-16(14)23/h1-6,9H,8H2,(H,21,24)(H,25,26). The number of amides is 1. The summed E-state index contributed by atoms with van der Waals surface area (Å²) in [6.07, 6.45) is 4.66. The Morgan fingerprint density at radius 3 is 2.93 bits per heavy atom. The second-order valence-electron chi connectivity index (χ2n) is 5.70. The molecule has 0 aliphatic rings. The van der Waals surface area contributed by atoms with Crippen molar-refractivity contribution in [2.45, 2.75) is 6.54 Å². The minimum atomic E-state index is -1.19. The van der Waals surface area contributed by atoms with Crippen molar-refractivity contribution < 1.29 is 19.1 Å². The summed E-state index contributed by atoms with van der Waals surface area (Å²) >= 11 is 0. The first-order valence-corrected chi connectivity index (χ1v) is 7.83. The van der Waals surface area contributed by atoms with Crippen LogP contribution in [0.15, 0.2) is 47.3 Å². The Balaban J connectivity index is 1.60. The molecule has 0 fully saturated rings. The highest BCUT2D eigenvalue weighted by Crippen LogP contribution is 2.25. The van der Waals surface area contributed by atoms with Crippen molar-refractivity contribution in [3.8, 4) is 6.07 Å². The normalized spacial score (nSPS) is 10.8. The summed E-state index contributed by atoms with van der Waals surface area (Å²) in [5.74, 6) is -1.22. The summed E-state index contributed by atoms with van der Waals surface area (Å²) in [7, 11) is 0. The molecule has 1 aromatic carbocycles. The zero-order chi connectivity index (χ0) is 19.0. The Hall–Kier alpha value is -4.19. The molecule has 1 amide bonds. The van der Waals surface area contributed by atoms with E-state index in [9.17, 15) is 14.7 Å². The van der Waals surface area contributed by atoms with Crippen LogP contribution in [0.5, 0.6) is 0 Å². The Morgan fingerprint density at radius 1 is 1.30 bits per heavy atom. The van der Waals surface area contributed by atoms with Gasteiger partial charge in [-0.15, -0.1) is 0 Å². The molecule has 0 spiro atoms. The quantitative estimate of drug-likeness (QED) is 0.567. The van der Waals surface area contributed by atoms with Gasteiger partial charge in [0.1, 0.15) is 22.5 Å². The summed E-state index contributed by atoms with van der Waals surface area (Å²) in [4.78, 5) is 27.9. The minimum Gasteiger partial charge on any atom is -0.478 e. The van der Waals surface area contributed by atoms with Gasteiger partial charge in [0.25, 0.3) is 5.91 Å². The fourth-order valence-electron chi connectivity index (χ4n) is 2.77. The molecule has 4 rings (SSSR count). The third-order valence-corrected chi connectivity index (χ3v) is 3.97. The molecule has 0 saturated heterocycles. The lowest BCUT2D eigenvalue weighted by Gasteiger charge is -2.01. The predicted molar refractivity (Wildman–Crippen MR) is 92.0 cm³/mol. The van der Waals surface area contributed by atoms with Gasteiger partial charge in [-0.2, -0.15) is 10.4 Å². The molecule has 9 nitrogen and oxygen atoms in total. The fraction of sp³-hybridized carbons (Fsp3) is 0.0556. The largest absolute Gasteiger partial charge is 0.478 e. The van der Waals surface area contributed by atoms with E-state index in [0.29, 0.717) is 22.4 Å². The maximum Gasteiger partial charge on any atom is 0.339 e. The number of benzene rings is 1. The number of nitrogens with zero attached hydrogens (tertiary/aromatic N) is 4. The SMILES string of the molecule is N#Cc1cc(C(=O)O)c2oc(CNC(=O)c3cnn4cccnc34)cc2c1. The second kappa shape index (κ2) is 6.27. The van der Waals surface area contributed by atoms with E-state index in [1.807, 2.05) is 6.07 Å². The van der Waals surface area contributed by atoms with Crippen LogP contribution in [-0.2, 0) is 6.54 Å². The summed E-state index contributed by atoms with van der Waals surface area (Å²) in [6, 6.07) is 8.00. The predicted octanol–water partition coefficient (Wildman–Crippen LogP) is 1.98. The van der Waals surface area contributed by atoms with Crippen LogP contribution >= 0.6 is 0 Å². The molecule has 132 valence electrons. The Morgan fingerprint density at radius 2 is 2.15 bits per heavy atom. The van der Waals surface area contributed by atoms with Crippen LogP contribution in [0.1, 0.15) is 32.0 Å². The number of carboxylic acids is 1. The van der Waals surface area contributed by atoms with E-state index < -0.39 is 5.97 Å². The van der Waals surface area contributed by atoms with E-state index in [0.717, 1.165) is 0 Å². The minimum absolute atomic E-state index is 0.0403. The number of hydrogen-bond acceptors (Lipinski definition) is 6. The number of carbonyl (C=O) groups excluding carboxylic acids is 1. The van der Waals surface area contributed by atoms with Crippen LogP contribution in [0.3, 0.4) is 0 Å². The number of rotatable bonds is 4. The van der Waals surface area contributed by atoms with Crippen LogP contribution in [0, 0.1) is 11.3 Å². The third-order valence-electron chi connectivity index (χ3n) is 3.97. The number of nitrogens with one attached hydrogen (secondary N) is 1. The van der Waals surface area contributed by atoms with Gasteiger partial charge >= 0.3 is 5.97 Å². The molecular formula is C18H11N5O4. The van der Waals surface area contributed by atoms with Gasteiger partial charge in [-0.25, -0.2) is 14.3 Å². The second-order valence-corrected chi connectivity index (χ2v) is 5.70. The molecule has 27 heavy (non-hydrogen) atoms. The molecule has 0 saturated carbocycles. The van der Waals surface area contributed by atoms with Crippen molar-refractivity contribution in [1.29, 1.82) is 5.26 Å². The third kappa shape index (κ3) is 2.85. The monoisotopic (exact) mass is 361 g/mol. The zero-order valence-corrected chi connectivity index (χ0v) is 13.7.